The van der Waals surface area contributed by atoms with Gasteiger partial charge in [-0.1, -0.05) is 48.5 Å². The molecule has 2 N–H and O–H groups in total. The zero-order valence-electron chi connectivity index (χ0n) is 18.7. The van der Waals surface area contributed by atoms with E-state index in [1.807, 2.05) is 53.8 Å². The molecule has 10 heteroatoms. The minimum atomic E-state index is -3.93. The van der Waals surface area contributed by atoms with Crippen LogP contribution in [0.1, 0.15) is 23.5 Å². The van der Waals surface area contributed by atoms with Gasteiger partial charge in [-0.3, -0.25) is 4.79 Å². The van der Waals surface area contributed by atoms with E-state index in [1.54, 1.807) is 0 Å². The van der Waals surface area contributed by atoms with E-state index in [4.69, 9.17) is 9.47 Å². The first-order valence-corrected chi connectivity index (χ1v) is 11.4. The van der Waals surface area contributed by atoms with Gasteiger partial charge in [0.25, 0.3) is 5.91 Å². The van der Waals surface area contributed by atoms with E-state index in [0.717, 1.165) is 27.2 Å². The third-order valence-electron chi connectivity index (χ3n) is 7.11. The van der Waals surface area contributed by atoms with Gasteiger partial charge in [-0.25, -0.2) is 9.59 Å². The van der Waals surface area contributed by atoms with Crippen molar-refractivity contribution in [3.05, 3.63) is 59.7 Å². The van der Waals surface area contributed by atoms with Crippen LogP contribution >= 0.6 is 0 Å². The summed E-state index contributed by atoms with van der Waals surface area (Å²) in [5, 5.41) is 11.5. The van der Waals surface area contributed by atoms with E-state index >= 15 is 0 Å². The van der Waals surface area contributed by atoms with Gasteiger partial charge in [0.1, 0.15) is 6.61 Å². The number of amides is 2. The average Bonchev–Trinajstić information content (AvgIpc) is 3.51. The van der Waals surface area contributed by atoms with Crippen molar-refractivity contribution in [2.45, 2.75) is 23.9 Å². The number of alkyl carbamates (subject to hydrolysis) is 1. The third-order valence-corrected chi connectivity index (χ3v) is 7.11. The van der Waals surface area contributed by atoms with Crippen molar-refractivity contribution in [1.82, 2.24) is 10.2 Å². The summed E-state index contributed by atoms with van der Waals surface area (Å²) in [6.07, 6.45) is -0.692. The number of likely N-dealkylation sites (tertiary alicyclic amines) is 1. The maximum atomic E-state index is 14.6. The van der Waals surface area contributed by atoms with E-state index in [1.165, 1.54) is 0 Å². The molecule has 3 aliphatic rings. The number of carbonyl (C=O) groups is 3. The molecule has 2 aliphatic heterocycles. The maximum Gasteiger partial charge on any atom is 0.407 e. The topological polar surface area (TPSA) is 105 Å². The molecule has 184 valence electrons. The van der Waals surface area contributed by atoms with Gasteiger partial charge in [-0.05, 0) is 28.7 Å². The molecule has 0 saturated carbocycles. The fourth-order valence-electron chi connectivity index (χ4n) is 5.36. The van der Waals surface area contributed by atoms with Crippen LogP contribution in [0.15, 0.2) is 48.5 Å². The first kappa shape index (κ1) is 23.2. The summed E-state index contributed by atoms with van der Waals surface area (Å²) in [6, 6.07) is 15.4. The maximum absolute atomic E-state index is 14.6. The molecule has 2 heterocycles. The highest BCUT2D eigenvalue weighted by molar-refractivity contribution is 5.87. The number of carboxylic acids is 1. The molecule has 2 saturated heterocycles. The fraction of sp³-hybridized carbons (Fsp3) is 0.400. The van der Waals surface area contributed by atoms with Crippen LogP contribution in [-0.4, -0.2) is 72.3 Å². The lowest BCUT2D eigenvalue weighted by atomic mass is 9.91. The Kier molecular flexibility index (Phi) is 5.71. The number of rotatable bonds is 6. The van der Waals surface area contributed by atoms with Crippen LogP contribution < -0.4 is 5.32 Å². The molecule has 0 radical (unpaired) electrons. The largest absolute Gasteiger partial charge is 0.479 e. The van der Waals surface area contributed by atoms with Crippen molar-refractivity contribution in [2.24, 2.45) is 5.92 Å². The van der Waals surface area contributed by atoms with Crippen molar-refractivity contribution in [3.63, 3.8) is 0 Å². The molecule has 2 atom stereocenters. The van der Waals surface area contributed by atoms with Crippen molar-refractivity contribution in [1.29, 1.82) is 0 Å². The van der Waals surface area contributed by atoms with Crippen LogP contribution in [0.25, 0.3) is 11.1 Å². The number of carboxylic acid groups (broad SMARTS) is 1. The number of hydrogen-bond acceptors (Lipinski definition) is 5. The van der Waals surface area contributed by atoms with Gasteiger partial charge in [0, 0.05) is 25.0 Å². The number of halogens is 2. The highest BCUT2D eigenvalue weighted by Gasteiger charge is 2.60. The second-order valence-corrected chi connectivity index (χ2v) is 9.10. The summed E-state index contributed by atoms with van der Waals surface area (Å²) >= 11 is 0. The number of benzene rings is 2. The molecule has 0 spiro atoms. The van der Waals surface area contributed by atoms with E-state index in [-0.39, 0.29) is 25.7 Å². The van der Waals surface area contributed by atoms with Crippen molar-refractivity contribution in [2.75, 3.05) is 32.8 Å². The Morgan fingerprint density at radius 1 is 1.11 bits per heavy atom. The Morgan fingerprint density at radius 3 is 2.34 bits per heavy atom. The number of ether oxygens (including phenoxy) is 2. The summed E-state index contributed by atoms with van der Waals surface area (Å²) in [7, 11) is 0. The third kappa shape index (κ3) is 3.91. The summed E-state index contributed by atoms with van der Waals surface area (Å²) in [5.74, 6) is -7.52. The summed E-state index contributed by atoms with van der Waals surface area (Å²) < 4.78 is 39.8. The second kappa shape index (κ2) is 8.60. The minimum absolute atomic E-state index is 0.0499. The molecular weight excluding hydrogens is 462 g/mol. The molecule has 1 aliphatic carbocycles. The van der Waals surface area contributed by atoms with Gasteiger partial charge in [-0.15, -0.1) is 0 Å². The quantitative estimate of drug-likeness (QED) is 0.651. The average molecular weight is 486 g/mol. The summed E-state index contributed by atoms with van der Waals surface area (Å²) in [5.41, 5.74) is 2.39. The number of alkyl halides is 2. The highest BCUT2D eigenvalue weighted by Crippen LogP contribution is 2.44. The first-order chi connectivity index (χ1) is 16.7. The minimum Gasteiger partial charge on any atom is -0.479 e. The normalized spacial score (nSPS) is 22.9. The molecule has 2 unspecified atom stereocenters. The number of hydrogen-bond donors (Lipinski definition) is 2. The van der Waals surface area contributed by atoms with Gasteiger partial charge >= 0.3 is 18.0 Å². The van der Waals surface area contributed by atoms with Gasteiger partial charge in [-0.2, -0.15) is 8.78 Å². The molecule has 35 heavy (non-hydrogen) atoms. The van der Waals surface area contributed by atoms with Crippen LogP contribution in [0.2, 0.25) is 0 Å². The molecule has 0 bridgehead atoms. The molecule has 2 aromatic rings. The van der Waals surface area contributed by atoms with Crippen LogP contribution in [0, 0.1) is 5.92 Å². The first-order valence-electron chi connectivity index (χ1n) is 11.4. The van der Waals surface area contributed by atoms with Crippen molar-refractivity contribution < 1.29 is 37.7 Å². The smallest absolute Gasteiger partial charge is 0.407 e. The predicted octanol–water partition coefficient (Wildman–Crippen LogP) is 2.86. The molecule has 2 amide bonds. The van der Waals surface area contributed by atoms with Crippen molar-refractivity contribution >= 4 is 18.0 Å². The van der Waals surface area contributed by atoms with Gasteiger partial charge < -0.3 is 24.8 Å². The predicted molar refractivity (Wildman–Crippen MR) is 119 cm³/mol. The highest BCUT2D eigenvalue weighted by atomic mass is 19.3. The molecule has 2 aromatic carbocycles. The fourth-order valence-corrected chi connectivity index (χ4v) is 5.36. The van der Waals surface area contributed by atoms with E-state index in [2.05, 4.69) is 0 Å². The molecule has 8 nitrogen and oxygen atoms in total. The Hall–Kier alpha value is -3.53. The second-order valence-electron chi connectivity index (χ2n) is 9.10. The standard InChI is InChI=1S/C25H24F2N2O6/c26-25(27,21(30)29-11-15-9-10-35-24(15,14-29)22(31)32)13-28-23(33)34-12-20-18-7-3-1-5-16(18)17-6-2-4-8-19(17)20/h1-8,15,20H,9-14H2,(H,28,33)(H,31,32). The van der Waals surface area contributed by atoms with Gasteiger partial charge in [0.05, 0.1) is 13.1 Å². The zero-order chi connectivity index (χ0) is 24.8. The number of fused-ring (bicyclic) bond motifs is 4. The molecule has 5 rings (SSSR count). The Bertz CT molecular complexity index is 1140. The summed E-state index contributed by atoms with van der Waals surface area (Å²) in [6.45, 7) is -1.69. The van der Waals surface area contributed by atoms with E-state index < -0.39 is 48.5 Å². The van der Waals surface area contributed by atoms with Crippen LogP contribution in [0.4, 0.5) is 13.6 Å². The van der Waals surface area contributed by atoms with Gasteiger partial charge in [0.15, 0.2) is 5.60 Å². The monoisotopic (exact) mass is 486 g/mol. The van der Waals surface area contributed by atoms with E-state index in [0.29, 0.717) is 6.42 Å². The van der Waals surface area contributed by atoms with Crippen LogP contribution in [0.3, 0.4) is 0 Å². The Labute approximate surface area is 199 Å². The zero-order valence-corrected chi connectivity index (χ0v) is 18.7. The number of aliphatic carboxylic acids is 1. The molecule has 0 aromatic heterocycles. The molecular formula is C25H24F2N2O6. The molecule has 2 fully saturated rings. The van der Waals surface area contributed by atoms with Crippen LogP contribution in [0.5, 0.6) is 0 Å². The number of nitrogens with one attached hydrogen (secondary N) is 1. The van der Waals surface area contributed by atoms with Crippen LogP contribution in [-0.2, 0) is 19.1 Å². The van der Waals surface area contributed by atoms with Crippen molar-refractivity contribution in [3.8, 4) is 11.1 Å². The number of nitrogens with zero attached hydrogens (tertiary/aromatic N) is 1. The Balaban J connectivity index is 1.18. The SMILES string of the molecule is O=C(NCC(F)(F)C(=O)N1CC2CCOC2(C(=O)O)C1)OCC1c2ccccc2-c2ccccc21. The van der Waals surface area contributed by atoms with Gasteiger partial charge in [0.2, 0.25) is 0 Å². The lowest BCUT2D eigenvalue weighted by molar-refractivity contribution is -0.164. The van der Waals surface area contributed by atoms with E-state index in [9.17, 15) is 28.3 Å². The summed E-state index contributed by atoms with van der Waals surface area (Å²) in [4.78, 5) is 37.1. The Morgan fingerprint density at radius 2 is 1.74 bits per heavy atom. The lowest BCUT2D eigenvalue weighted by Crippen LogP contribution is -2.51. The lowest BCUT2D eigenvalue weighted by Gasteiger charge is -2.25. The number of carbonyl (C=O) groups excluding carboxylic acids is 2.